The van der Waals surface area contributed by atoms with E-state index in [1.54, 1.807) is 11.4 Å². The van der Waals surface area contributed by atoms with E-state index in [9.17, 15) is 8.42 Å². The van der Waals surface area contributed by atoms with Crippen molar-refractivity contribution in [3.63, 3.8) is 0 Å². The molecule has 1 rings (SSSR count). The van der Waals surface area contributed by atoms with Crippen LogP contribution in [-0.2, 0) is 10.0 Å². The average molecular weight is 351 g/mol. The number of aliphatic imine (C=N–C) groups is 1. The van der Waals surface area contributed by atoms with Crippen molar-refractivity contribution in [1.29, 1.82) is 0 Å². The van der Waals surface area contributed by atoms with Gasteiger partial charge in [-0.15, -0.1) is 0 Å². The number of sulfonamides is 1. The maximum atomic E-state index is 12.2. The van der Waals surface area contributed by atoms with Gasteiger partial charge >= 0.3 is 0 Å². The molecule has 1 aliphatic rings. The molecular weight excluding hydrogens is 320 g/mol. The fraction of sp³-hybridized carbons (Fsp3) is 0.929. The maximum Gasteiger partial charge on any atom is 0.215 e. The lowest BCUT2D eigenvalue weighted by Crippen LogP contribution is -2.44. The van der Waals surface area contributed by atoms with Crippen molar-refractivity contribution in [3.05, 3.63) is 0 Å². The Kier molecular flexibility index (Phi) is 9.90. The second kappa shape index (κ2) is 11.1. The minimum absolute atomic E-state index is 0.119. The highest BCUT2D eigenvalue weighted by Gasteiger charge is 2.23. The van der Waals surface area contributed by atoms with Crippen LogP contribution in [0.1, 0.15) is 32.6 Å². The molecule has 0 saturated carbocycles. The van der Waals surface area contributed by atoms with Crippen LogP contribution in [0.3, 0.4) is 0 Å². The van der Waals surface area contributed by atoms with E-state index in [0.717, 1.165) is 24.5 Å². The highest BCUT2D eigenvalue weighted by atomic mass is 32.2. The van der Waals surface area contributed by atoms with E-state index < -0.39 is 10.0 Å². The van der Waals surface area contributed by atoms with Crippen LogP contribution in [0.4, 0.5) is 0 Å². The highest BCUT2D eigenvalue weighted by Crippen LogP contribution is 2.12. The van der Waals surface area contributed by atoms with Crippen molar-refractivity contribution >= 4 is 27.7 Å². The van der Waals surface area contributed by atoms with Gasteiger partial charge in [0, 0.05) is 44.7 Å². The summed E-state index contributed by atoms with van der Waals surface area (Å²) in [6, 6.07) is 0. The van der Waals surface area contributed by atoms with Crippen LogP contribution in [0.15, 0.2) is 4.99 Å². The SMILES string of the molecule is CCCCCCNC(=NC)NCCS(=O)(=O)N1CCSCC1. The Balaban J connectivity index is 2.22. The molecule has 0 atom stereocenters. The van der Waals surface area contributed by atoms with Gasteiger partial charge in [-0.25, -0.2) is 12.7 Å². The third-order valence-corrected chi connectivity index (χ3v) is 6.38. The number of rotatable bonds is 9. The molecule has 0 bridgehead atoms. The number of unbranched alkanes of at least 4 members (excludes halogenated alkanes) is 3. The van der Waals surface area contributed by atoms with Gasteiger partial charge in [-0.05, 0) is 6.42 Å². The third-order valence-electron chi connectivity index (χ3n) is 3.56. The molecule has 0 radical (unpaired) electrons. The predicted molar refractivity (Wildman–Crippen MR) is 96.2 cm³/mol. The zero-order chi connectivity index (χ0) is 16.3. The molecule has 22 heavy (non-hydrogen) atoms. The molecule has 1 fully saturated rings. The first-order valence-corrected chi connectivity index (χ1v) is 10.9. The molecule has 0 aliphatic carbocycles. The second-order valence-corrected chi connectivity index (χ2v) is 8.63. The van der Waals surface area contributed by atoms with Crippen molar-refractivity contribution in [2.45, 2.75) is 32.6 Å². The predicted octanol–water partition coefficient (Wildman–Crippen LogP) is 1.11. The summed E-state index contributed by atoms with van der Waals surface area (Å²) in [5.74, 6) is 2.59. The summed E-state index contributed by atoms with van der Waals surface area (Å²) in [5.41, 5.74) is 0. The van der Waals surface area contributed by atoms with E-state index >= 15 is 0 Å². The van der Waals surface area contributed by atoms with Gasteiger partial charge in [-0.3, -0.25) is 4.99 Å². The van der Waals surface area contributed by atoms with E-state index in [-0.39, 0.29) is 5.75 Å². The monoisotopic (exact) mass is 350 g/mol. The van der Waals surface area contributed by atoms with Gasteiger partial charge in [0.2, 0.25) is 10.0 Å². The average Bonchev–Trinajstić information content (AvgIpc) is 2.53. The lowest BCUT2D eigenvalue weighted by atomic mass is 10.2. The molecule has 130 valence electrons. The van der Waals surface area contributed by atoms with Crippen LogP contribution in [-0.4, -0.2) is 69.2 Å². The molecular formula is C14H30N4O2S2. The lowest BCUT2D eigenvalue weighted by molar-refractivity contribution is 0.443. The smallest absolute Gasteiger partial charge is 0.215 e. The van der Waals surface area contributed by atoms with Gasteiger partial charge in [-0.1, -0.05) is 26.2 Å². The minimum atomic E-state index is -3.15. The normalized spacial score (nSPS) is 17.5. The van der Waals surface area contributed by atoms with Crippen molar-refractivity contribution in [3.8, 4) is 0 Å². The largest absolute Gasteiger partial charge is 0.356 e. The zero-order valence-electron chi connectivity index (χ0n) is 13.8. The van der Waals surface area contributed by atoms with Gasteiger partial charge in [0.15, 0.2) is 5.96 Å². The Morgan fingerprint density at radius 2 is 1.82 bits per heavy atom. The molecule has 1 saturated heterocycles. The fourth-order valence-corrected chi connectivity index (χ4v) is 4.72. The fourth-order valence-electron chi connectivity index (χ4n) is 2.23. The minimum Gasteiger partial charge on any atom is -0.356 e. The van der Waals surface area contributed by atoms with Crippen LogP contribution in [0.2, 0.25) is 0 Å². The third kappa shape index (κ3) is 7.69. The summed E-state index contributed by atoms with van der Waals surface area (Å²) < 4.78 is 26.0. The summed E-state index contributed by atoms with van der Waals surface area (Å²) in [4.78, 5) is 4.12. The summed E-state index contributed by atoms with van der Waals surface area (Å²) in [6.07, 6.45) is 4.79. The van der Waals surface area contributed by atoms with Gasteiger partial charge in [0.25, 0.3) is 0 Å². The van der Waals surface area contributed by atoms with E-state index in [4.69, 9.17) is 0 Å². The summed E-state index contributed by atoms with van der Waals surface area (Å²) >= 11 is 1.81. The molecule has 8 heteroatoms. The Labute approximate surface area is 139 Å². The standard InChI is InChI=1S/C14H30N4O2S2/c1-3-4-5-6-7-16-14(15-2)17-8-13-22(19,20)18-9-11-21-12-10-18/h3-13H2,1-2H3,(H2,15,16,17). The molecule has 0 aromatic carbocycles. The number of guanidine groups is 1. The van der Waals surface area contributed by atoms with Crippen LogP contribution in [0.25, 0.3) is 0 Å². The molecule has 1 aliphatic heterocycles. The highest BCUT2D eigenvalue weighted by molar-refractivity contribution is 7.99. The van der Waals surface area contributed by atoms with Crippen molar-refractivity contribution in [1.82, 2.24) is 14.9 Å². The first kappa shape index (κ1) is 19.6. The number of thioether (sulfide) groups is 1. The summed E-state index contributed by atoms with van der Waals surface area (Å²) in [5, 5.41) is 6.30. The number of hydrogen-bond acceptors (Lipinski definition) is 4. The Morgan fingerprint density at radius 1 is 1.14 bits per heavy atom. The molecule has 6 nitrogen and oxygen atoms in total. The Hall–Kier alpha value is -0.470. The van der Waals surface area contributed by atoms with Crippen molar-refractivity contribution in [2.24, 2.45) is 4.99 Å². The molecule has 0 aromatic rings. The quantitative estimate of drug-likeness (QED) is 0.370. The maximum absolute atomic E-state index is 12.2. The van der Waals surface area contributed by atoms with Gasteiger partial charge in [0.1, 0.15) is 0 Å². The van der Waals surface area contributed by atoms with Crippen molar-refractivity contribution < 1.29 is 8.42 Å². The first-order valence-electron chi connectivity index (χ1n) is 8.10. The Bertz CT molecular complexity index is 421. The summed E-state index contributed by atoms with van der Waals surface area (Å²) in [7, 11) is -1.44. The van der Waals surface area contributed by atoms with Gasteiger partial charge in [-0.2, -0.15) is 11.8 Å². The topological polar surface area (TPSA) is 73.8 Å². The van der Waals surface area contributed by atoms with Gasteiger partial charge < -0.3 is 10.6 Å². The molecule has 0 amide bonds. The van der Waals surface area contributed by atoms with E-state index in [2.05, 4.69) is 22.5 Å². The van der Waals surface area contributed by atoms with Crippen LogP contribution in [0.5, 0.6) is 0 Å². The molecule has 0 unspecified atom stereocenters. The number of nitrogens with zero attached hydrogens (tertiary/aromatic N) is 2. The Morgan fingerprint density at radius 3 is 2.45 bits per heavy atom. The van der Waals surface area contributed by atoms with Crippen LogP contribution >= 0.6 is 11.8 Å². The van der Waals surface area contributed by atoms with Gasteiger partial charge in [0.05, 0.1) is 5.75 Å². The molecule has 0 spiro atoms. The number of nitrogens with one attached hydrogen (secondary N) is 2. The summed E-state index contributed by atoms with van der Waals surface area (Å²) in [6.45, 7) is 4.72. The lowest BCUT2D eigenvalue weighted by Gasteiger charge is -2.25. The first-order chi connectivity index (χ1) is 10.6. The van der Waals surface area contributed by atoms with E-state index in [1.165, 1.54) is 19.3 Å². The zero-order valence-corrected chi connectivity index (χ0v) is 15.4. The van der Waals surface area contributed by atoms with Crippen LogP contribution < -0.4 is 10.6 Å². The molecule has 1 heterocycles. The molecule has 2 N–H and O–H groups in total. The van der Waals surface area contributed by atoms with E-state index in [1.807, 2.05) is 11.8 Å². The van der Waals surface area contributed by atoms with E-state index in [0.29, 0.717) is 25.6 Å². The van der Waals surface area contributed by atoms with Crippen molar-refractivity contribution in [2.75, 3.05) is 50.5 Å². The second-order valence-electron chi connectivity index (χ2n) is 5.31. The van der Waals surface area contributed by atoms with Crippen LogP contribution in [0, 0.1) is 0 Å². The number of hydrogen-bond donors (Lipinski definition) is 2. The molecule has 0 aromatic heterocycles.